The molecule has 1 amide bonds. The highest BCUT2D eigenvalue weighted by Crippen LogP contribution is 2.24. The van der Waals surface area contributed by atoms with Crippen LogP contribution in [0.3, 0.4) is 0 Å². The molecule has 1 saturated heterocycles. The zero-order chi connectivity index (χ0) is 14.5. The van der Waals surface area contributed by atoms with Gasteiger partial charge in [-0.2, -0.15) is 0 Å². The Bertz CT molecular complexity index is 475. The number of nitrogens with one attached hydrogen (secondary N) is 1. The van der Waals surface area contributed by atoms with Crippen molar-refractivity contribution in [3.63, 3.8) is 0 Å². The van der Waals surface area contributed by atoms with Crippen molar-refractivity contribution in [2.24, 2.45) is 0 Å². The summed E-state index contributed by atoms with van der Waals surface area (Å²) >= 11 is 3.37. The third-order valence-corrected chi connectivity index (χ3v) is 3.72. The van der Waals surface area contributed by atoms with E-state index in [-0.39, 0.29) is 12.0 Å². The second-order valence-corrected chi connectivity index (χ2v) is 5.64. The highest BCUT2D eigenvalue weighted by atomic mass is 79.9. The van der Waals surface area contributed by atoms with Crippen LogP contribution in [0.2, 0.25) is 0 Å². The summed E-state index contributed by atoms with van der Waals surface area (Å²) in [6, 6.07) is 5.39. The highest BCUT2D eigenvalue weighted by molar-refractivity contribution is 9.10. The van der Waals surface area contributed by atoms with Crippen molar-refractivity contribution in [2.75, 3.05) is 40.4 Å². The average Bonchev–Trinajstić information content (AvgIpc) is 2.47. The van der Waals surface area contributed by atoms with E-state index in [0.29, 0.717) is 24.5 Å². The molecule has 0 radical (unpaired) electrons. The summed E-state index contributed by atoms with van der Waals surface area (Å²) in [7, 11) is 3.34. The molecular formula is C14H19BrN2O3. The van der Waals surface area contributed by atoms with E-state index in [2.05, 4.69) is 21.2 Å². The Morgan fingerprint density at radius 3 is 3.05 bits per heavy atom. The summed E-state index contributed by atoms with van der Waals surface area (Å²) in [5, 5.41) is 3.26. The Morgan fingerprint density at radius 2 is 2.40 bits per heavy atom. The summed E-state index contributed by atoms with van der Waals surface area (Å²) in [6.07, 6.45) is 0.0409. The molecule has 20 heavy (non-hydrogen) atoms. The van der Waals surface area contributed by atoms with Gasteiger partial charge < -0.3 is 19.7 Å². The lowest BCUT2D eigenvalue weighted by atomic mass is 10.1. The van der Waals surface area contributed by atoms with Crippen molar-refractivity contribution in [3.8, 4) is 5.75 Å². The van der Waals surface area contributed by atoms with Crippen molar-refractivity contribution in [3.05, 3.63) is 28.2 Å². The number of morpholine rings is 1. The van der Waals surface area contributed by atoms with Crippen LogP contribution in [0.25, 0.3) is 0 Å². The van der Waals surface area contributed by atoms with E-state index in [9.17, 15) is 4.79 Å². The predicted molar refractivity (Wildman–Crippen MR) is 80.3 cm³/mol. The first-order chi connectivity index (χ1) is 9.61. The van der Waals surface area contributed by atoms with Crippen LogP contribution < -0.4 is 10.1 Å². The highest BCUT2D eigenvalue weighted by Gasteiger charge is 2.21. The molecule has 1 N–H and O–H groups in total. The quantitative estimate of drug-likeness (QED) is 0.901. The second kappa shape index (κ2) is 7.06. The van der Waals surface area contributed by atoms with Crippen molar-refractivity contribution in [1.82, 2.24) is 10.2 Å². The molecule has 110 valence electrons. The number of likely N-dealkylation sites (N-methyl/N-ethyl adjacent to an activating group) is 1. The largest absolute Gasteiger partial charge is 0.496 e. The van der Waals surface area contributed by atoms with Crippen molar-refractivity contribution < 1.29 is 14.3 Å². The Balaban J connectivity index is 2.05. The van der Waals surface area contributed by atoms with E-state index in [1.807, 2.05) is 6.07 Å². The molecule has 0 aliphatic carbocycles. The van der Waals surface area contributed by atoms with Gasteiger partial charge in [0.2, 0.25) is 0 Å². The van der Waals surface area contributed by atoms with E-state index in [0.717, 1.165) is 17.6 Å². The van der Waals surface area contributed by atoms with Crippen molar-refractivity contribution >= 4 is 21.8 Å². The molecule has 2 rings (SSSR count). The van der Waals surface area contributed by atoms with E-state index >= 15 is 0 Å². The molecule has 0 aromatic heterocycles. The van der Waals surface area contributed by atoms with E-state index < -0.39 is 0 Å². The number of ether oxygens (including phenoxy) is 2. The number of carbonyl (C=O) groups is 1. The van der Waals surface area contributed by atoms with E-state index in [1.165, 1.54) is 0 Å². The predicted octanol–water partition coefficient (Wildman–Crippen LogP) is 1.52. The van der Waals surface area contributed by atoms with Gasteiger partial charge in [-0.05, 0) is 18.2 Å². The average molecular weight is 343 g/mol. The number of nitrogens with zero attached hydrogens (tertiary/aromatic N) is 1. The summed E-state index contributed by atoms with van der Waals surface area (Å²) in [5.74, 6) is 0.502. The topological polar surface area (TPSA) is 50.8 Å². The van der Waals surface area contributed by atoms with Gasteiger partial charge in [0.1, 0.15) is 5.75 Å². The van der Waals surface area contributed by atoms with Crippen molar-refractivity contribution in [1.29, 1.82) is 0 Å². The Hall–Kier alpha value is -1.11. The zero-order valence-corrected chi connectivity index (χ0v) is 13.3. The van der Waals surface area contributed by atoms with Crippen LogP contribution in [0.15, 0.2) is 22.7 Å². The number of halogens is 1. The van der Waals surface area contributed by atoms with Gasteiger partial charge in [0.15, 0.2) is 0 Å². The van der Waals surface area contributed by atoms with Crippen LogP contribution >= 0.6 is 15.9 Å². The minimum absolute atomic E-state index is 0.0409. The standard InChI is InChI=1S/C14H19BrN2O3/c1-17(9-11-8-16-5-6-20-11)14(18)12-4-3-10(15)7-13(12)19-2/h3-4,7,11,16H,5-6,8-9H2,1-2H3. The molecule has 6 heteroatoms. The number of rotatable bonds is 4. The molecule has 1 aromatic rings. The maximum atomic E-state index is 12.5. The lowest BCUT2D eigenvalue weighted by Crippen LogP contribution is -2.45. The summed E-state index contributed by atoms with van der Waals surface area (Å²) in [5.41, 5.74) is 0.557. The first-order valence-electron chi connectivity index (χ1n) is 6.53. The Kier molecular flexibility index (Phi) is 5.39. The van der Waals surface area contributed by atoms with E-state index in [4.69, 9.17) is 9.47 Å². The smallest absolute Gasteiger partial charge is 0.257 e. The van der Waals surface area contributed by atoms with E-state index in [1.54, 1.807) is 31.2 Å². The first-order valence-corrected chi connectivity index (χ1v) is 7.32. The molecule has 1 atom stereocenters. The number of amides is 1. The molecule has 1 heterocycles. The van der Waals surface area contributed by atoms with Gasteiger partial charge in [-0.25, -0.2) is 0 Å². The number of methoxy groups -OCH3 is 1. The van der Waals surface area contributed by atoms with Gasteiger partial charge in [-0.3, -0.25) is 4.79 Å². The fraction of sp³-hybridized carbons (Fsp3) is 0.500. The molecule has 0 spiro atoms. The van der Waals surface area contributed by atoms with Crippen LogP contribution in [-0.4, -0.2) is 57.3 Å². The Morgan fingerprint density at radius 1 is 1.60 bits per heavy atom. The van der Waals surface area contributed by atoms with Gasteiger partial charge >= 0.3 is 0 Å². The molecule has 1 aromatic carbocycles. The molecule has 1 unspecified atom stereocenters. The van der Waals surface area contributed by atoms with Gasteiger partial charge in [0.05, 0.1) is 25.4 Å². The molecular weight excluding hydrogens is 324 g/mol. The lowest BCUT2D eigenvalue weighted by molar-refractivity contribution is 0.0103. The summed E-state index contributed by atoms with van der Waals surface area (Å²) in [4.78, 5) is 14.1. The van der Waals surface area contributed by atoms with Crippen LogP contribution in [0.1, 0.15) is 10.4 Å². The van der Waals surface area contributed by atoms with Gasteiger partial charge in [-0.1, -0.05) is 15.9 Å². The first kappa shape index (κ1) is 15.3. The second-order valence-electron chi connectivity index (χ2n) is 4.73. The molecule has 1 aliphatic rings. The molecule has 0 saturated carbocycles. The maximum absolute atomic E-state index is 12.5. The summed E-state index contributed by atoms with van der Waals surface area (Å²) < 4.78 is 11.8. The van der Waals surface area contributed by atoms with Gasteiger partial charge in [-0.15, -0.1) is 0 Å². The third-order valence-electron chi connectivity index (χ3n) is 3.22. The zero-order valence-electron chi connectivity index (χ0n) is 11.7. The minimum Gasteiger partial charge on any atom is -0.496 e. The number of carbonyl (C=O) groups excluding carboxylic acids is 1. The fourth-order valence-corrected chi connectivity index (χ4v) is 2.51. The number of benzene rings is 1. The number of hydrogen-bond acceptors (Lipinski definition) is 4. The molecule has 1 aliphatic heterocycles. The monoisotopic (exact) mass is 342 g/mol. The fourth-order valence-electron chi connectivity index (χ4n) is 2.17. The molecule has 1 fully saturated rings. The molecule has 5 nitrogen and oxygen atoms in total. The maximum Gasteiger partial charge on any atom is 0.257 e. The normalized spacial score (nSPS) is 18.6. The van der Waals surface area contributed by atoms with Crippen LogP contribution in [-0.2, 0) is 4.74 Å². The third kappa shape index (κ3) is 3.71. The summed E-state index contributed by atoms with van der Waals surface area (Å²) in [6.45, 7) is 2.89. The van der Waals surface area contributed by atoms with Crippen molar-refractivity contribution in [2.45, 2.75) is 6.10 Å². The Labute approximate surface area is 127 Å². The lowest BCUT2D eigenvalue weighted by Gasteiger charge is -2.28. The van der Waals surface area contributed by atoms with Gasteiger partial charge in [0.25, 0.3) is 5.91 Å². The molecule has 0 bridgehead atoms. The van der Waals surface area contributed by atoms with Crippen LogP contribution in [0.4, 0.5) is 0 Å². The van der Waals surface area contributed by atoms with Crippen LogP contribution in [0, 0.1) is 0 Å². The van der Waals surface area contributed by atoms with Gasteiger partial charge in [0, 0.05) is 31.2 Å². The number of hydrogen-bond donors (Lipinski definition) is 1. The van der Waals surface area contributed by atoms with Crippen LogP contribution in [0.5, 0.6) is 5.75 Å². The SMILES string of the molecule is COc1cc(Br)ccc1C(=O)N(C)CC1CNCCO1. The minimum atomic E-state index is -0.0662.